The fourth-order valence-electron chi connectivity index (χ4n) is 1.97. The molecule has 0 saturated heterocycles. The molecule has 0 saturated carbocycles. The Morgan fingerprint density at radius 2 is 2.23 bits per heavy atom. The molecule has 118 valence electrons. The maximum Gasteiger partial charge on any atom is 0.337 e. The lowest BCUT2D eigenvalue weighted by Crippen LogP contribution is -2.40. The van der Waals surface area contributed by atoms with Crippen LogP contribution in [0.25, 0.3) is 0 Å². The van der Waals surface area contributed by atoms with Gasteiger partial charge < -0.3 is 10.1 Å². The second-order valence-corrected chi connectivity index (χ2v) is 5.43. The van der Waals surface area contributed by atoms with Crippen LogP contribution in [0.4, 0.5) is 10.5 Å². The predicted octanol–water partition coefficient (Wildman–Crippen LogP) is 2.92. The van der Waals surface area contributed by atoms with Gasteiger partial charge in [-0.25, -0.2) is 9.59 Å². The molecule has 22 heavy (non-hydrogen) atoms. The van der Waals surface area contributed by atoms with E-state index in [1.54, 1.807) is 12.1 Å². The van der Waals surface area contributed by atoms with Crippen molar-refractivity contribution in [2.45, 2.75) is 26.2 Å². The molecule has 0 spiro atoms. The second kappa shape index (κ2) is 7.17. The van der Waals surface area contributed by atoms with Crippen molar-refractivity contribution in [1.29, 1.82) is 0 Å². The Balaban J connectivity index is 1.90. The number of esters is 1. The van der Waals surface area contributed by atoms with Gasteiger partial charge in [0.25, 0.3) is 0 Å². The highest BCUT2D eigenvalue weighted by molar-refractivity contribution is 6.31. The summed E-state index contributed by atoms with van der Waals surface area (Å²) in [6, 6.07) is 4.96. The van der Waals surface area contributed by atoms with Gasteiger partial charge in [0.1, 0.15) is 6.61 Å². The maximum absolute atomic E-state index is 11.8. The number of halogens is 1. The predicted molar refractivity (Wildman–Crippen MR) is 84.5 cm³/mol. The summed E-state index contributed by atoms with van der Waals surface area (Å²) in [5, 5.41) is 3.27. The van der Waals surface area contributed by atoms with Crippen LogP contribution >= 0.6 is 11.6 Å². The molecule has 3 N–H and O–H groups in total. The number of hydrogen-bond acceptors (Lipinski definition) is 4. The van der Waals surface area contributed by atoms with Gasteiger partial charge in [-0.3, -0.25) is 10.9 Å². The topological polar surface area (TPSA) is 79.5 Å². The van der Waals surface area contributed by atoms with Crippen molar-refractivity contribution < 1.29 is 14.3 Å². The minimum absolute atomic E-state index is 0.120. The number of ether oxygens (including phenoxy) is 1. The van der Waals surface area contributed by atoms with E-state index < -0.39 is 12.0 Å². The summed E-state index contributed by atoms with van der Waals surface area (Å²) >= 11 is 6.23. The summed E-state index contributed by atoms with van der Waals surface area (Å²) in [7, 11) is 0. The van der Waals surface area contributed by atoms with E-state index in [1.807, 2.05) is 6.07 Å². The van der Waals surface area contributed by atoms with Crippen LogP contribution in [0.1, 0.15) is 31.7 Å². The smallest absolute Gasteiger partial charge is 0.337 e. The van der Waals surface area contributed by atoms with Crippen LogP contribution < -0.4 is 16.2 Å². The number of rotatable bonds is 5. The Kier molecular flexibility index (Phi) is 5.27. The molecule has 7 heteroatoms. The van der Waals surface area contributed by atoms with Crippen molar-refractivity contribution in [2.75, 3.05) is 11.9 Å². The summed E-state index contributed by atoms with van der Waals surface area (Å²) < 4.78 is 4.69. The van der Waals surface area contributed by atoms with Gasteiger partial charge >= 0.3 is 12.0 Å². The van der Waals surface area contributed by atoms with E-state index in [0.29, 0.717) is 22.3 Å². The summed E-state index contributed by atoms with van der Waals surface area (Å²) in [6.07, 6.45) is 2.27. The quantitative estimate of drug-likeness (QED) is 0.575. The van der Waals surface area contributed by atoms with E-state index in [9.17, 15) is 9.59 Å². The molecule has 0 aliphatic carbocycles. The van der Waals surface area contributed by atoms with Gasteiger partial charge in [0.15, 0.2) is 0 Å². The Labute approximate surface area is 133 Å². The molecule has 0 fully saturated rings. The number of benzene rings is 1. The Hall–Kier alpha value is -2.21. The molecule has 2 amide bonds. The molecule has 1 heterocycles. The van der Waals surface area contributed by atoms with E-state index >= 15 is 0 Å². The maximum atomic E-state index is 11.8. The minimum atomic E-state index is -0.465. The lowest BCUT2D eigenvalue weighted by Gasteiger charge is -2.14. The summed E-state index contributed by atoms with van der Waals surface area (Å²) in [4.78, 5) is 22.6. The average molecular weight is 324 g/mol. The molecule has 0 aromatic heterocycles. The fraction of sp³-hybridized carbons (Fsp3) is 0.333. The van der Waals surface area contributed by atoms with Crippen LogP contribution in [-0.2, 0) is 9.53 Å². The zero-order valence-corrected chi connectivity index (χ0v) is 13.2. The molecule has 1 aliphatic heterocycles. The monoisotopic (exact) mass is 323 g/mol. The van der Waals surface area contributed by atoms with Gasteiger partial charge in [0.05, 0.1) is 5.70 Å². The van der Waals surface area contributed by atoms with Gasteiger partial charge in [-0.05, 0) is 30.0 Å². The van der Waals surface area contributed by atoms with Crippen molar-refractivity contribution in [3.63, 3.8) is 0 Å². The van der Waals surface area contributed by atoms with Gasteiger partial charge in [-0.1, -0.05) is 31.5 Å². The molecule has 1 aliphatic rings. The highest BCUT2D eigenvalue weighted by Crippen LogP contribution is 2.29. The van der Waals surface area contributed by atoms with E-state index in [1.165, 1.54) is 6.08 Å². The van der Waals surface area contributed by atoms with Gasteiger partial charge in [-0.15, -0.1) is 0 Å². The van der Waals surface area contributed by atoms with Crippen LogP contribution in [0.2, 0.25) is 5.02 Å². The average Bonchev–Trinajstić information content (AvgIpc) is 2.90. The first-order valence-electron chi connectivity index (χ1n) is 6.99. The normalized spacial score (nSPS) is 14.9. The number of cyclic esters (lactones) is 1. The van der Waals surface area contributed by atoms with Crippen molar-refractivity contribution in [3.8, 4) is 0 Å². The van der Waals surface area contributed by atoms with Crippen LogP contribution in [-0.4, -0.2) is 18.6 Å². The first kappa shape index (κ1) is 16.2. The van der Waals surface area contributed by atoms with E-state index in [0.717, 1.165) is 12.0 Å². The van der Waals surface area contributed by atoms with Crippen molar-refractivity contribution in [1.82, 2.24) is 10.9 Å². The van der Waals surface area contributed by atoms with Gasteiger partial charge in [-0.2, -0.15) is 0 Å². The SMILES string of the molecule is CCC(C)c1ccc(NC(=O)NNC2=CC(=O)OC2)cc1Cl. The molecular weight excluding hydrogens is 306 g/mol. The first-order chi connectivity index (χ1) is 10.5. The van der Waals surface area contributed by atoms with E-state index in [2.05, 4.69) is 30.0 Å². The molecule has 6 nitrogen and oxygen atoms in total. The van der Waals surface area contributed by atoms with Crippen LogP contribution in [0.15, 0.2) is 30.0 Å². The van der Waals surface area contributed by atoms with Crippen molar-refractivity contribution in [3.05, 3.63) is 40.6 Å². The fourth-order valence-corrected chi connectivity index (χ4v) is 2.34. The third-order valence-electron chi connectivity index (χ3n) is 3.40. The molecule has 1 aromatic rings. The Morgan fingerprint density at radius 3 is 2.82 bits per heavy atom. The number of anilines is 1. The molecule has 0 bridgehead atoms. The van der Waals surface area contributed by atoms with Crippen molar-refractivity contribution >= 4 is 29.3 Å². The lowest BCUT2D eigenvalue weighted by molar-refractivity contribution is -0.134. The molecule has 2 rings (SSSR count). The zero-order chi connectivity index (χ0) is 16.1. The van der Waals surface area contributed by atoms with Gasteiger partial charge in [0, 0.05) is 16.8 Å². The number of carbonyl (C=O) groups is 2. The molecular formula is C15H18ClN3O3. The van der Waals surface area contributed by atoms with E-state index in [-0.39, 0.29) is 6.61 Å². The third kappa shape index (κ3) is 4.14. The van der Waals surface area contributed by atoms with Crippen LogP contribution in [0.3, 0.4) is 0 Å². The standard InChI is InChI=1S/C15H18ClN3O3/c1-3-9(2)12-5-4-10(6-13(12)16)17-15(21)19-18-11-7-14(20)22-8-11/h4-7,9,18H,3,8H2,1-2H3,(H2,17,19,21). The van der Waals surface area contributed by atoms with E-state index in [4.69, 9.17) is 16.3 Å². The Morgan fingerprint density at radius 1 is 1.45 bits per heavy atom. The third-order valence-corrected chi connectivity index (χ3v) is 3.73. The van der Waals surface area contributed by atoms with Crippen LogP contribution in [0, 0.1) is 0 Å². The number of urea groups is 1. The summed E-state index contributed by atoms with van der Waals surface area (Å²) in [5.41, 5.74) is 7.16. The van der Waals surface area contributed by atoms with Gasteiger partial charge in [0.2, 0.25) is 0 Å². The summed E-state index contributed by atoms with van der Waals surface area (Å²) in [5.74, 6) is -0.0685. The minimum Gasteiger partial charge on any atom is -0.456 e. The molecule has 0 radical (unpaired) electrons. The largest absolute Gasteiger partial charge is 0.456 e. The number of nitrogens with one attached hydrogen (secondary N) is 3. The Bertz CT molecular complexity index is 616. The highest BCUT2D eigenvalue weighted by atomic mass is 35.5. The number of hydrazine groups is 1. The molecule has 1 aromatic carbocycles. The lowest BCUT2D eigenvalue weighted by atomic mass is 9.98. The first-order valence-corrected chi connectivity index (χ1v) is 7.37. The molecule has 1 unspecified atom stereocenters. The van der Waals surface area contributed by atoms with Crippen molar-refractivity contribution in [2.24, 2.45) is 0 Å². The second-order valence-electron chi connectivity index (χ2n) is 5.03. The number of amides is 2. The summed E-state index contributed by atoms with van der Waals surface area (Å²) in [6.45, 7) is 4.32. The molecule has 1 atom stereocenters. The van der Waals surface area contributed by atoms with Crippen LogP contribution in [0.5, 0.6) is 0 Å². The zero-order valence-electron chi connectivity index (χ0n) is 12.4. The number of carbonyl (C=O) groups excluding carboxylic acids is 2. The number of hydrogen-bond donors (Lipinski definition) is 3. The highest BCUT2D eigenvalue weighted by Gasteiger charge is 2.13.